The molecule has 6 heteroatoms. The predicted octanol–water partition coefficient (Wildman–Crippen LogP) is 2.64. The molecule has 4 nitrogen and oxygen atoms in total. The smallest absolute Gasteiger partial charge is 0.209 e. The second-order valence-electron chi connectivity index (χ2n) is 4.94. The first kappa shape index (κ1) is 15.4. The van der Waals surface area contributed by atoms with Gasteiger partial charge in [0.15, 0.2) is 5.78 Å². The molecule has 107 valence electrons. The highest BCUT2D eigenvalue weighted by atomic mass is 32.2. The lowest BCUT2D eigenvalue weighted by Gasteiger charge is -2.30. The van der Waals surface area contributed by atoms with Gasteiger partial charge in [-0.15, -0.1) is 0 Å². The fourth-order valence-electron chi connectivity index (χ4n) is 2.22. The van der Waals surface area contributed by atoms with Crippen molar-refractivity contribution in [1.82, 2.24) is 0 Å². The second kappa shape index (κ2) is 5.76. The van der Waals surface area contributed by atoms with E-state index in [9.17, 15) is 13.2 Å². The predicted molar refractivity (Wildman–Crippen MR) is 78.2 cm³/mol. The maximum absolute atomic E-state index is 12.6. The van der Waals surface area contributed by atoms with Crippen LogP contribution in [0.2, 0.25) is 0 Å². The molecule has 1 aromatic rings. The zero-order valence-electron chi connectivity index (χ0n) is 11.2. The number of rotatable bonds is 3. The highest BCUT2D eigenvalue weighted by molar-refractivity contribution is 7.96. The van der Waals surface area contributed by atoms with Gasteiger partial charge in [-0.25, -0.2) is 8.42 Å². The number of hydrogen-bond donors (Lipinski definition) is 0. The molecule has 0 bridgehead atoms. The van der Waals surface area contributed by atoms with Crippen LogP contribution >= 0.6 is 9.47 Å². The molecular weight excluding hydrogens is 295 g/mol. The van der Waals surface area contributed by atoms with E-state index >= 15 is 0 Å². The van der Waals surface area contributed by atoms with Gasteiger partial charge in [-0.05, 0) is 24.1 Å². The molecule has 3 unspecified atom stereocenters. The van der Waals surface area contributed by atoms with E-state index in [2.05, 4.69) is 9.47 Å². The van der Waals surface area contributed by atoms with Gasteiger partial charge >= 0.3 is 0 Å². The van der Waals surface area contributed by atoms with Gasteiger partial charge in [0.25, 0.3) is 0 Å². The lowest BCUT2D eigenvalue weighted by Crippen LogP contribution is -2.36. The van der Waals surface area contributed by atoms with Crippen molar-refractivity contribution in [1.29, 1.82) is 0 Å². The molecule has 1 radical (unpaired) electrons. The van der Waals surface area contributed by atoms with Crippen LogP contribution in [0.4, 0.5) is 0 Å². The van der Waals surface area contributed by atoms with Crippen molar-refractivity contribution in [3.63, 3.8) is 0 Å². The molecule has 3 atom stereocenters. The molecule has 0 aromatic heterocycles. The van der Waals surface area contributed by atoms with Crippen molar-refractivity contribution in [3.05, 3.63) is 41.3 Å². The van der Waals surface area contributed by atoms with E-state index in [0.29, 0.717) is 0 Å². The van der Waals surface area contributed by atoms with Crippen LogP contribution in [-0.4, -0.2) is 20.3 Å². The minimum atomic E-state index is -3.80. The first-order chi connectivity index (χ1) is 9.39. The Balaban J connectivity index is 2.53. The Morgan fingerprint density at radius 2 is 1.75 bits per heavy atom. The number of benzene rings is 1. The summed E-state index contributed by atoms with van der Waals surface area (Å²) in [4.78, 5) is 12.2. The zero-order chi connectivity index (χ0) is 14.9. The summed E-state index contributed by atoms with van der Waals surface area (Å²) in [6.45, 7) is 3.58. The molecule has 0 spiro atoms. The molecule has 0 saturated carbocycles. The monoisotopic (exact) mass is 311 g/mol. The van der Waals surface area contributed by atoms with Gasteiger partial charge < -0.3 is 4.52 Å². The van der Waals surface area contributed by atoms with E-state index in [1.807, 2.05) is 6.92 Å². The molecule has 0 amide bonds. The summed E-state index contributed by atoms with van der Waals surface area (Å²) in [5, 5.41) is 0. The van der Waals surface area contributed by atoms with Crippen molar-refractivity contribution >= 4 is 25.1 Å². The summed E-state index contributed by atoms with van der Waals surface area (Å²) in [5.41, 5.74) is 0. The molecule has 2 rings (SSSR count). The van der Waals surface area contributed by atoms with Crippen LogP contribution < -0.4 is 0 Å². The van der Waals surface area contributed by atoms with Gasteiger partial charge in [0, 0.05) is 5.92 Å². The van der Waals surface area contributed by atoms with Crippen LogP contribution in [0.15, 0.2) is 46.2 Å². The van der Waals surface area contributed by atoms with Crippen LogP contribution in [-0.2, 0) is 19.2 Å². The molecule has 0 saturated heterocycles. The summed E-state index contributed by atoms with van der Waals surface area (Å²) in [6, 6.07) is 7.95. The zero-order valence-corrected chi connectivity index (χ0v) is 13.1. The van der Waals surface area contributed by atoms with E-state index in [1.165, 1.54) is 18.2 Å². The van der Waals surface area contributed by atoms with Gasteiger partial charge in [-0.1, -0.05) is 32.0 Å². The third-order valence-corrected chi connectivity index (χ3v) is 5.84. The summed E-state index contributed by atoms with van der Waals surface area (Å²) in [5.74, 6) is -0.856. The summed E-state index contributed by atoms with van der Waals surface area (Å²) in [6.07, 6.45) is 0.940. The maximum atomic E-state index is 12.6. The van der Waals surface area contributed by atoms with Gasteiger partial charge in [-0.2, -0.15) is 0 Å². The van der Waals surface area contributed by atoms with Crippen molar-refractivity contribution in [2.45, 2.75) is 24.8 Å². The van der Waals surface area contributed by atoms with Crippen LogP contribution in [0.1, 0.15) is 13.8 Å². The second-order valence-corrected chi connectivity index (χ2v) is 7.10. The van der Waals surface area contributed by atoms with Gasteiger partial charge in [0.1, 0.15) is 4.91 Å². The first-order valence-corrected chi connectivity index (χ1v) is 8.17. The Hall–Kier alpha value is -1.03. The van der Waals surface area contributed by atoms with Crippen molar-refractivity contribution in [2.75, 3.05) is 0 Å². The average molecular weight is 311 g/mol. The van der Waals surface area contributed by atoms with Crippen LogP contribution in [0.5, 0.6) is 0 Å². The topological polar surface area (TPSA) is 60.4 Å². The van der Waals surface area contributed by atoms with Crippen LogP contribution in [0.3, 0.4) is 0 Å². The third kappa shape index (κ3) is 2.58. The minimum Gasteiger partial charge on any atom is -0.348 e. The Bertz CT molecular complexity index is 636. The minimum absolute atomic E-state index is 0.0882. The quantitative estimate of drug-likeness (QED) is 0.805. The lowest BCUT2D eigenvalue weighted by molar-refractivity contribution is -0.121. The molecule has 0 N–H and O–H groups in total. The Labute approximate surface area is 121 Å². The van der Waals surface area contributed by atoms with Gasteiger partial charge in [0.05, 0.1) is 20.5 Å². The van der Waals surface area contributed by atoms with Crippen molar-refractivity contribution in [2.24, 2.45) is 11.8 Å². The highest BCUT2D eigenvalue weighted by Gasteiger charge is 2.39. The number of allylic oxidation sites excluding steroid dienone is 1. The Morgan fingerprint density at radius 3 is 2.30 bits per heavy atom. The SMILES string of the molecule is CC1C(=O)C(S(=O)(=O)c2ccccc2)=CC(O[PH])C1C. The Kier molecular flexibility index (Phi) is 4.43. The van der Waals surface area contributed by atoms with Crippen molar-refractivity contribution < 1.29 is 17.7 Å². The number of ketones is 1. The number of sulfone groups is 1. The fraction of sp³-hybridized carbons (Fsp3) is 0.357. The Morgan fingerprint density at radius 1 is 1.15 bits per heavy atom. The average Bonchev–Trinajstić information content (AvgIpc) is 2.46. The summed E-state index contributed by atoms with van der Waals surface area (Å²) < 4.78 is 30.2. The van der Waals surface area contributed by atoms with Gasteiger partial charge in [0.2, 0.25) is 9.84 Å². The van der Waals surface area contributed by atoms with E-state index in [0.717, 1.165) is 0 Å². The number of hydrogen-bond acceptors (Lipinski definition) is 4. The number of Topliss-reactive ketones (excluding diaryl/α,β-unsaturated/α-hetero) is 1. The normalized spacial score (nSPS) is 27.2. The highest BCUT2D eigenvalue weighted by Crippen LogP contribution is 2.34. The van der Waals surface area contributed by atoms with Gasteiger partial charge in [-0.3, -0.25) is 4.79 Å². The van der Waals surface area contributed by atoms with E-state index in [1.54, 1.807) is 25.1 Å². The van der Waals surface area contributed by atoms with E-state index in [4.69, 9.17) is 4.52 Å². The van der Waals surface area contributed by atoms with Crippen LogP contribution in [0.25, 0.3) is 0 Å². The largest absolute Gasteiger partial charge is 0.348 e. The summed E-state index contributed by atoms with van der Waals surface area (Å²) in [7, 11) is -0.851. The standard InChI is InChI=1S/C14H16O4PS/c1-9-10(2)14(15)13(8-12(9)18-19)20(16,17)11-6-4-3-5-7-11/h3-10,12,19H,1-2H3. The first-order valence-electron chi connectivity index (χ1n) is 6.28. The number of carbonyl (C=O) groups is 1. The summed E-state index contributed by atoms with van der Waals surface area (Å²) >= 11 is 0. The van der Waals surface area contributed by atoms with Crippen molar-refractivity contribution in [3.8, 4) is 0 Å². The number of carbonyl (C=O) groups excluding carboxylic acids is 1. The van der Waals surface area contributed by atoms with E-state index < -0.39 is 21.9 Å². The molecule has 0 heterocycles. The molecule has 0 aliphatic heterocycles. The third-order valence-electron chi connectivity index (χ3n) is 3.76. The maximum Gasteiger partial charge on any atom is 0.209 e. The van der Waals surface area contributed by atoms with Crippen LogP contribution in [0, 0.1) is 11.8 Å². The molecule has 20 heavy (non-hydrogen) atoms. The molecule has 1 aromatic carbocycles. The van der Waals surface area contributed by atoms with E-state index in [-0.39, 0.29) is 21.5 Å². The lowest BCUT2D eigenvalue weighted by atomic mass is 9.83. The molecule has 0 fully saturated rings. The molecule has 1 aliphatic carbocycles. The molecule has 1 aliphatic rings. The molecular formula is C14H16O4PS. The fourth-order valence-corrected chi connectivity index (χ4v) is 4.04.